The van der Waals surface area contributed by atoms with Crippen molar-refractivity contribution >= 4 is 27.3 Å². The Morgan fingerprint density at radius 1 is 1.04 bits per heavy atom. The van der Waals surface area contributed by atoms with Crippen LogP contribution in [0.15, 0.2) is 60.0 Å². The fourth-order valence-corrected chi connectivity index (χ4v) is 5.49. The molecule has 0 radical (unpaired) electrons. The lowest BCUT2D eigenvalue weighted by Crippen LogP contribution is -2.47. The molecule has 0 aromatic heterocycles. The van der Waals surface area contributed by atoms with Crippen LogP contribution in [0.3, 0.4) is 0 Å². The average molecular weight is 383 g/mol. The Morgan fingerprint density at radius 3 is 2.30 bits per heavy atom. The molecule has 0 saturated carbocycles. The zero-order chi connectivity index (χ0) is 19.2. The number of benzene rings is 2. The summed E-state index contributed by atoms with van der Waals surface area (Å²) in [6.45, 7) is 1.91. The number of aryl methyl sites for hydroxylation is 1. The molecule has 1 saturated heterocycles. The first-order chi connectivity index (χ1) is 12.8. The van der Waals surface area contributed by atoms with Crippen LogP contribution in [0.5, 0.6) is 0 Å². The predicted octanol–water partition coefficient (Wildman–Crippen LogP) is 2.12. The van der Waals surface area contributed by atoms with Gasteiger partial charge in [0, 0.05) is 11.3 Å². The largest absolute Gasteiger partial charge is 0.352 e. The molecule has 2 aromatic carbocycles. The van der Waals surface area contributed by atoms with Gasteiger partial charge in [0.2, 0.25) is 0 Å². The van der Waals surface area contributed by atoms with Gasteiger partial charge in [-0.2, -0.15) is 5.48 Å². The lowest BCUT2D eigenvalue weighted by atomic mass is 9.66. The van der Waals surface area contributed by atoms with Crippen molar-refractivity contribution in [2.75, 3.05) is 5.75 Å². The molecule has 2 aliphatic rings. The van der Waals surface area contributed by atoms with Crippen LogP contribution in [0, 0.1) is 12.3 Å². The van der Waals surface area contributed by atoms with E-state index in [1.54, 1.807) is 42.5 Å². The molecular weight excluding hydrogens is 366 g/mol. The first-order valence-corrected chi connectivity index (χ1v) is 10.1. The second kappa shape index (κ2) is 6.06. The maximum absolute atomic E-state index is 12.9. The summed E-state index contributed by atoms with van der Waals surface area (Å²) in [4.78, 5) is 30.7. The molecule has 1 spiro atoms. The highest BCUT2D eigenvalue weighted by Gasteiger charge is 2.64. The van der Waals surface area contributed by atoms with Gasteiger partial charge in [-0.25, -0.2) is 13.2 Å². The van der Waals surface area contributed by atoms with E-state index in [-0.39, 0.29) is 11.3 Å². The van der Waals surface area contributed by atoms with Gasteiger partial charge in [-0.05, 0) is 23.6 Å². The van der Waals surface area contributed by atoms with Crippen molar-refractivity contribution in [1.29, 1.82) is 0 Å². The van der Waals surface area contributed by atoms with Crippen LogP contribution in [0.25, 0.3) is 5.57 Å². The molecule has 1 N–H and O–H groups in total. The van der Waals surface area contributed by atoms with E-state index in [0.29, 0.717) is 11.1 Å². The molecule has 6 nitrogen and oxygen atoms in total. The van der Waals surface area contributed by atoms with Gasteiger partial charge in [0.25, 0.3) is 5.91 Å². The van der Waals surface area contributed by atoms with E-state index >= 15 is 0 Å². The lowest BCUT2D eigenvalue weighted by molar-refractivity contribution is -0.148. The van der Waals surface area contributed by atoms with Crippen molar-refractivity contribution in [2.45, 2.75) is 12.8 Å². The summed E-state index contributed by atoms with van der Waals surface area (Å²) < 4.78 is 25.4. The van der Waals surface area contributed by atoms with Gasteiger partial charge in [0.1, 0.15) is 0 Å². The standard InChI is InChI=1S/C20H17NO5S/c1-13-7-9-15(10-8-13)17-12-27(24,25)11-16(14-5-3-2-4-6-14)20(17)18(22)21-26-19(20)23/h2-11,17H,12H2,1H3,(H,21,22). The minimum absolute atomic E-state index is 0.139. The van der Waals surface area contributed by atoms with Gasteiger partial charge >= 0.3 is 5.97 Å². The van der Waals surface area contributed by atoms with Crippen molar-refractivity contribution in [3.8, 4) is 0 Å². The Bertz CT molecular complexity index is 1040. The van der Waals surface area contributed by atoms with Crippen molar-refractivity contribution in [3.63, 3.8) is 0 Å². The fourth-order valence-electron chi connectivity index (χ4n) is 3.80. The number of carbonyl (C=O) groups is 2. The zero-order valence-electron chi connectivity index (χ0n) is 14.5. The van der Waals surface area contributed by atoms with Crippen LogP contribution in [-0.2, 0) is 24.3 Å². The van der Waals surface area contributed by atoms with Gasteiger partial charge in [0.05, 0.1) is 5.75 Å². The van der Waals surface area contributed by atoms with Gasteiger partial charge in [-0.1, -0.05) is 60.2 Å². The Kier molecular flexibility index (Phi) is 3.92. The summed E-state index contributed by atoms with van der Waals surface area (Å²) in [6.07, 6.45) is 0. The topological polar surface area (TPSA) is 89.5 Å². The highest BCUT2D eigenvalue weighted by molar-refractivity contribution is 7.94. The average Bonchev–Trinajstić information content (AvgIpc) is 2.94. The van der Waals surface area contributed by atoms with Crippen molar-refractivity contribution in [3.05, 3.63) is 76.7 Å². The van der Waals surface area contributed by atoms with Crippen LogP contribution >= 0.6 is 0 Å². The molecule has 27 heavy (non-hydrogen) atoms. The van der Waals surface area contributed by atoms with E-state index in [9.17, 15) is 18.0 Å². The number of carbonyl (C=O) groups excluding carboxylic acids is 2. The highest BCUT2D eigenvalue weighted by Crippen LogP contribution is 2.53. The molecule has 2 atom stereocenters. The van der Waals surface area contributed by atoms with Crippen LogP contribution in [0.4, 0.5) is 0 Å². The minimum atomic E-state index is -3.65. The van der Waals surface area contributed by atoms with E-state index < -0.39 is 33.0 Å². The molecule has 1 fully saturated rings. The number of hydrogen-bond donors (Lipinski definition) is 1. The Balaban J connectivity index is 2.02. The molecule has 2 aromatic rings. The number of hydrogen-bond acceptors (Lipinski definition) is 5. The second-order valence-electron chi connectivity index (χ2n) is 6.82. The second-order valence-corrected chi connectivity index (χ2v) is 8.71. The number of rotatable bonds is 2. The molecular formula is C20H17NO5S. The third-order valence-corrected chi connectivity index (χ3v) is 6.52. The van der Waals surface area contributed by atoms with Gasteiger partial charge in [-0.3, -0.25) is 4.79 Å². The summed E-state index contributed by atoms with van der Waals surface area (Å²) in [5, 5.41) is 1.04. The van der Waals surface area contributed by atoms with Crippen molar-refractivity contribution < 1.29 is 22.8 Å². The molecule has 7 heteroatoms. The minimum Gasteiger partial charge on any atom is -0.339 e. The van der Waals surface area contributed by atoms with Gasteiger partial charge in [-0.15, -0.1) is 0 Å². The lowest BCUT2D eigenvalue weighted by Gasteiger charge is -2.36. The van der Waals surface area contributed by atoms with Gasteiger partial charge < -0.3 is 4.84 Å². The van der Waals surface area contributed by atoms with Crippen LogP contribution in [0.1, 0.15) is 22.6 Å². The van der Waals surface area contributed by atoms with E-state index in [4.69, 9.17) is 4.84 Å². The number of hydroxylamine groups is 1. The summed E-state index contributed by atoms with van der Waals surface area (Å²) in [5.74, 6) is -2.68. The molecule has 0 bridgehead atoms. The number of amides is 1. The smallest absolute Gasteiger partial charge is 0.339 e. The number of nitrogens with one attached hydrogen (secondary N) is 1. The molecule has 1 amide bonds. The number of sulfone groups is 1. The summed E-state index contributed by atoms with van der Waals surface area (Å²) in [6, 6.07) is 15.8. The first-order valence-electron chi connectivity index (χ1n) is 8.43. The SMILES string of the molecule is Cc1ccc(C2CS(=O)(=O)C=C(c3ccccc3)C23C(=O)NOC3=O)cc1. The van der Waals surface area contributed by atoms with E-state index in [2.05, 4.69) is 5.48 Å². The predicted molar refractivity (Wildman–Crippen MR) is 98.8 cm³/mol. The third kappa shape index (κ3) is 2.66. The van der Waals surface area contributed by atoms with Crippen LogP contribution < -0.4 is 5.48 Å². The summed E-state index contributed by atoms with van der Waals surface area (Å²) >= 11 is 0. The first kappa shape index (κ1) is 17.5. The third-order valence-electron chi connectivity index (χ3n) is 5.12. The Labute approximate surface area is 156 Å². The van der Waals surface area contributed by atoms with Gasteiger partial charge in [0.15, 0.2) is 15.3 Å². The maximum Gasteiger partial charge on any atom is 0.352 e. The summed E-state index contributed by atoms with van der Waals surface area (Å²) in [5.41, 5.74) is 2.61. The quantitative estimate of drug-likeness (QED) is 0.803. The van der Waals surface area contributed by atoms with Crippen LogP contribution in [0.2, 0.25) is 0 Å². The summed E-state index contributed by atoms with van der Waals surface area (Å²) in [7, 11) is -3.65. The highest BCUT2D eigenvalue weighted by atomic mass is 32.2. The molecule has 138 valence electrons. The molecule has 2 heterocycles. The van der Waals surface area contributed by atoms with Crippen molar-refractivity contribution in [1.82, 2.24) is 5.48 Å². The monoisotopic (exact) mass is 383 g/mol. The molecule has 2 aliphatic heterocycles. The normalized spacial score (nSPS) is 26.4. The maximum atomic E-state index is 12.9. The molecule has 4 rings (SSSR count). The van der Waals surface area contributed by atoms with E-state index in [1.165, 1.54) is 0 Å². The molecule has 2 unspecified atom stereocenters. The Hall–Kier alpha value is -2.93. The van der Waals surface area contributed by atoms with E-state index in [0.717, 1.165) is 11.0 Å². The van der Waals surface area contributed by atoms with Crippen LogP contribution in [-0.4, -0.2) is 26.0 Å². The zero-order valence-corrected chi connectivity index (χ0v) is 15.3. The molecule has 0 aliphatic carbocycles. The van der Waals surface area contributed by atoms with E-state index in [1.807, 2.05) is 19.1 Å². The Morgan fingerprint density at radius 2 is 1.70 bits per heavy atom. The fraction of sp³-hybridized carbons (Fsp3) is 0.200. The van der Waals surface area contributed by atoms with Crippen molar-refractivity contribution in [2.24, 2.45) is 5.41 Å².